The van der Waals surface area contributed by atoms with Crippen LogP contribution in [0.4, 0.5) is 0 Å². The lowest BCUT2D eigenvalue weighted by atomic mass is 9.82. The Hall–Kier alpha value is -2.97. The van der Waals surface area contributed by atoms with Gasteiger partial charge in [0.25, 0.3) is 0 Å². The number of para-hydroxylation sites is 1. The molecule has 1 nitrogen and oxygen atoms in total. The Balaban J connectivity index is 1.78. The molecule has 1 aromatic heterocycles. The number of thiol groups is 1. The van der Waals surface area contributed by atoms with Crippen molar-refractivity contribution >= 4 is 34.4 Å². The number of aromatic nitrogens is 1. The Morgan fingerprint density at radius 1 is 0.655 bits per heavy atom. The lowest BCUT2D eigenvalue weighted by molar-refractivity contribution is 0.661. The number of benzene rings is 4. The van der Waals surface area contributed by atoms with Gasteiger partial charge in [-0.3, -0.25) is 0 Å². The zero-order valence-electron chi connectivity index (χ0n) is 16.5. The molecule has 140 valence electrons. The average Bonchev–Trinajstić information content (AvgIpc) is 3.17. The van der Waals surface area contributed by atoms with Crippen molar-refractivity contribution in [3.63, 3.8) is 0 Å². The Morgan fingerprint density at radius 3 is 2.31 bits per heavy atom. The lowest BCUT2D eigenvalue weighted by Crippen LogP contribution is -2.14. The zero-order chi connectivity index (χ0) is 19.8. The van der Waals surface area contributed by atoms with Gasteiger partial charge in [0.05, 0.1) is 11.0 Å². The van der Waals surface area contributed by atoms with E-state index >= 15 is 0 Å². The van der Waals surface area contributed by atoms with E-state index in [2.05, 4.69) is 110 Å². The highest BCUT2D eigenvalue weighted by molar-refractivity contribution is 7.80. The topological polar surface area (TPSA) is 4.93 Å². The molecule has 0 bridgehead atoms. The molecule has 0 fully saturated rings. The second-order valence-electron chi connectivity index (χ2n) is 8.46. The second-order valence-corrected chi connectivity index (χ2v) is 8.97. The summed E-state index contributed by atoms with van der Waals surface area (Å²) in [6, 6.07) is 30.8. The van der Waals surface area contributed by atoms with E-state index < -0.39 is 0 Å². The molecule has 29 heavy (non-hydrogen) atoms. The van der Waals surface area contributed by atoms with E-state index in [0.717, 1.165) is 10.6 Å². The maximum atomic E-state index is 4.59. The third kappa shape index (κ3) is 2.24. The smallest absolute Gasteiger partial charge is 0.0544 e. The van der Waals surface area contributed by atoms with Gasteiger partial charge in [-0.05, 0) is 58.7 Å². The molecule has 0 aliphatic heterocycles. The fraction of sp³-hybridized carbons (Fsp3) is 0.111. The van der Waals surface area contributed by atoms with E-state index in [0.29, 0.717) is 0 Å². The Labute approximate surface area is 176 Å². The summed E-state index contributed by atoms with van der Waals surface area (Å²) in [5, 5.41) is 2.59. The van der Waals surface area contributed by atoms with Crippen LogP contribution in [0.3, 0.4) is 0 Å². The molecule has 0 amide bonds. The molecule has 2 heteroatoms. The van der Waals surface area contributed by atoms with Gasteiger partial charge in [-0.25, -0.2) is 0 Å². The number of hydrogen-bond donors (Lipinski definition) is 1. The molecule has 0 N–H and O–H groups in total. The quantitative estimate of drug-likeness (QED) is 0.284. The zero-order valence-corrected chi connectivity index (χ0v) is 17.4. The van der Waals surface area contributed by atoms with Crippen LogP contribution in [0.15, 0.2) is 89.8 Å². The van der Waals surface area contributed by atoms with Gasteiger partial charge in [-0.15, -0.1) is 12.6 Å². The van der Waals surface area contributed by atoms with E-state index in [1.807, 2.05) is 6.07 Å². The van der Waals surface area contributed by atoms with Crippen molar-refractivity contribution in [2.24, 2.45) is 0 Å². The van der Waals surface area contributed by atoms with E-state index in [9.17, 15) is 0 Å². The van der Waals surface area contributed by atoms with Crippen molar-refractivity contribution in [1.82, 2.24) is 4.57 Å². The summed E-state index contributed by atoms with van der Waals surface area (Å²) in [6.07, 6.45) is 0. The Kier molecular flexibility index (Phi) is 3.37. The van der Waals surface area contributed by atoms with Crippen LogP contribution >= 0.6 is 12.6 Å². The standard InChI is InChI=1S/C27H21NS/c1-27(2)23-12-5-3-10-19(23)21-15-22-20-11-4-6-13-25(20)28(26(22)16-24(21)27)17-8-7-9-18(29)14-17/h3-16,29H,1-2H3. The largest absolute Gasteiger partial charge is 0.309 e. The van der Waals surface area contributed by atoms with Crippen molar-refractivity contribution in [1.29, 1.82) is 0 Å². The summed E-state index contributed by atoms with van der Waals surface area (Å²) in [7, 11) is 0. The summed E-state index contributed by atoms with van der Waals surface area (Å²) < 4.78 is 2.38. The molecule has 5 aromatic rings. The summed E-state index contributed by atoms with van der Waals surface area (Å²) in [4.78, 5) is 0.974. The third-order valence-corrected chi connectivity index (χ3v) is 6.74. The minimum atomic E-state index is -0.00715. The lowest BCUT2D eigenvalue weighted by Gasteiger charge is -2.21. The SMILES string of the molecule is CC1(C)c2ccccc2-c2cc3c4ccccc4n(-c4cccc(S)c4)c3cc21. The van der Waals surface area contributed by atoms with Gasteiger partial charge in [0.2, 0.25) is 0 Å². The van der Waals surface area contributed by atoms with Gasteiger partial charge >= 0.3 is 0 Å². The first-order chi connectivity index (χ1) is 14.1. The van der Waals surface area contributed by atoms with Crippen LogP contribution in [0.5, 0.6) is 0 Å². The van der Waals surface area contributed by atoms with Crippen LogP contribution in [0.1, 0.15) is 25.0 Å². The van der Waals surface area contributed by atoms with Gasteiger partial charge in [0, 0.05) is 26.8 Å². The molecule has 0 saturated carbocycles. The molecular weight excluding hydrogens is 370 g/mol. The van der Waals surface area contributed by atoms with Gasteiger partial charge in [0.15, 0.2) is 0 Å². The molecule has 0 radical (unpaired) electrons. The van der Waals surface area contributed by atoms with Crippen LogP contribution < -0.4 is 0 Å². The predicted octanol–water partition coefficient (Wildman–Crippen LogP) is 7.38. The van der Waals surface area contributed by atoms with E-state index in [1.165, 1.54) is 44.1 Å². The molecule has 0 spiro atoms. The van der Waals surface area contributed by atoms with Gasteiger partial charge < -0.3 is 4.57 Å². The first-order valence-corrected chi connectivity index (χ1v) is 10.5. The van der Waals surface area contributed by atoms with Gasteiger partial charge in [0.1, 0.15) is 0 Å². The van der Waals surface area contributed by atoms with Crippen molar-refractivity contribution in [2.45, 2.75) is 24.2 Å². The van der Waals surface area contributed by atoms with E-state index in [4.69, 9.17) is 0 Å². The highest BCUT2D eigenvalue weighted by atomic mass is 32.1. The summed E-state index contributed by atoms with van der Waals surface area (Å²) in [5.74, 6) is 0. The normalized spacial score (nSPS) is 14.3. The molecule has 0 unspecified atom stereocenters. The fourth-order valence-electron chi connectivity index (χ4n) is 5.07. The summed E-state index contributed by atoms with van der Waals surface area (Å²) in [6.45, 7) is 4.68. The molecule has 1 heterocycles. The number of nitrogens with zero attached hydrogens (tertiary/aromatic N) is 1. The second kappa shape index (κ2) is 5.77. The minimum Gasteiger partial charge on any atom is -0.309 e. The molecular formula is C27H21NS. The number of fused-ring (bicyclic) bond motifs is 6. The van der Waals surface area contributed by atoms with Crippen LogP contribution in [0, 0.1) is 0 Å². The summed E-state index contributed by atoms with van der Waals surface area (Å²) in [5.41, 5.74) is 9.17. The van der Waals surface area contributed by atoms with Gasteiger partial charge in [-0.2, -0.15) is 0 Å². The maximum Gasteiger partial charge on any atom is 0.0544 e. The first-order valence-electron chi connectivity index (χ1n) is 10.0. The van der Waals surface area contributed by atoms with Crippen LogP contribution in [-0.2, 0) is 5.41 Å². The third-order valence-electron chi connectivity index (χ3n) is 6.46. The molecule has 4 aromatic carbocycles. The highest BCUT2D eigenvalue weighted by Crippen LogP contribution is 2.50. The molecule has 1 aliphatic rings. The average molecular weight is 392 g/mol. The molecule has 0 saturated heterocycles. The molecule has 1 aliphatic carbocycles. The van der Waals surface area contributed by atoms with Crippen LogP contribution in [0.2, 0.25) is 0 Å². The number of hydrogen-bond acceptors (Lipinski definition) is 1. The molecule has 0 atom stereocenters. The van der Waals surface area contributed by atoms with Crippen molar-refractivity contribution in [3.05, 3.63) is 96.1 Å². The Bertz CT molecular complexity index is 1440. The van der Waals surface area contributed by atoms with E-state index in [-0.39, 0.29) is 5.41 Å². The first kappa shape index (κ1) is 16.9. The van der Waals surface area contributed by atoms with Crippen LogP contribution in [-0.4, -0.2) is 4.57 Å². The van der Waals surface area contributed by atoms with Gasteiger partial charge in [-0.1, -0.05) is 62.4 Å². The van der Waals surface area contributed by atoms with E-state index in [1.54, 1.807) is 0 Å². The molecule has 6 rings (SSSR count). The highest BCUT2D eigenvalue weighted by Gasteiger charge is 2.36. The monoisotopic (exact) mass is 391 g/mol. The predicted molar refractivity (Wildman–Crippen MR) is 126 cm³/mol. The van der Waals surface area contributed by atoms with Crippen LogP contribution in [0.25, 0.3) is 38.6 Å². The number of rotatable bonds is 1. The van der Waals surface area contributed by atoms with Crippen molar-refractivity contribution < 1.29 is 0 Å². The fourth-order valence-corrected chi connectivity index (χ4v) is 5.29. The summed E-state index contributed by atoms with van der Waals surface area (Å²) >= 11 is 4.59. The maximum absolute atomic E-state index is 4.59. The van der Waals surface area contributed by atoms with Crippen molar-refractivity contribution in [3.8, 4) is 16.8 Å². The Morgan fingerprint density at radius 2 is 1.45 bits per heavy atom. The van der Waals surface area contributed by atoms with Crippen molar-refractivity contribution in [2.75, 3.05) is 0 Å². The minimum absolute atomic E-state index is 0.00715.